The van der Waals surface area contributed by atoms with Gasteiger partial charge in [0.1, 0.15) is 15.7 Å². The second-order valence-corrected chi connectivity index (χ2v) is 17.3. The number of anilines is 1. The molecule has 8 atom stereocenters. The van der Waals surface area contributed by atoms with Crippen LogP contribution in [0, 0.1) is 23.7 Å². The zero-order valence-electron chi connectivity index (χ0n) is 28.1. The molecule has 3 aliphatic carbocycles. The van der Waals surface area contributed by atoms with Crippen LogP contribution in [0.15, 0.2) is 52.9 Å². The van der Waals surface area contributed by atoms with Crippen LogP contribution in [0.4, 0.5) is 10.5 Å². The van der Waals surface area contributed by atoms with Crippen molar-refractivity contribution in [2.24, 2.45) is 28.0 Å². The van der Waals surface area contributed by atoms with Gasteiger partial charge in [0, 0.05) is 42.2 Å². The number of hydrogen-bond acceptors (Lipinski definition) is 6. The number of rotatable bonds is 3. The summed E-state index contributed by atoms with van der Waals surface area (Å²) in [4.78, 5) is 29.2. The number of benzene rings is 2. The fraction of sp³-hybridized carbons (Fsp3) is 0.568. The van der Waals surface area contributed by atoms with E-state index in [9.17, 15) is 13.8 Å². The number of nitrogens with one attached hydrogen (secondary N) is 2. The number of methoxy groups -OCH3 is 1. The van der Waals surface area contributed by atoms with E-state index in [1.807, 2.05) is 32.0 Å². The smallest absolute Gasteiger partial charge is 0.327 e. The van der Waals surface area contributed by atoms with Gasteiger partial charge in [-0.15, -0.1) is 4.36 Å². The van der Waals surface area contributed by atoms with Crippen molar-refractivity contribution < 1.29 is 23.3 Å². The van der Waals surface area contributed by atoms with Crippen molar-refractivity contribution in [3.05, 3.63) is 70.3 Å². The SMILES string of the molecule is CO[C@H]1/C=C/C[C@H](C)CS(=O)(NC(=O)N[C@@H]2C[C@@H]2C)=NC(=O)c2ccc3c(c2)N(C[C@@H]2CC[C@H]21)C[C@@]1(CCCc2cc(Cl)ccc21)CO3. The van der Waals surface area contributed by atoms with Gasteiger partial charge in [-0.2, -0.15) is 0 Å². The van der Waals surface area contributed by atoms with Crippen LogP contribution in [0.1, 0.15) is 73.9 Å². The molecule has 48 heavy (non-hydrogen) atoms. The second-order valence-electron chi connectivity index (χ2n) is 14.9. The van der Waals surface area contributed by atoms with E-state index in [0.717, 1.165) is 68.1 Å². The maximum absolute atomic E-state index is 14.3. The van der Waals surface area contributed by atoms with Gasteiger partial charge in [-0.1, -0.05) is 43.7 Å². The standard InChI is InChI=1S/C37H47ClN4O5S/c1-23-6-4-8-33(46-3)29-12-9-27(29)19-42-21-37(15-5-7-25-17-28(38)11-13-30(25)37)22-47-34-14-10-26(18-32(34)42)35(43)40-48(45,20-23)41-36(44)39-31-16-24(31)2/h4,8,10-11,13-14,17-18,23-24,27,29,31,33H,5-7,9,12,15-16,19-22H2,1-3H3,(H2,39,40,41,43,44,45)/b8-4+/t23-,24-,27-,29+,31+,33-,37-,48?/m0/s1. The van der Waals surface area contributed by atoms with Gasteiger partial charge in [-0.3, -0.25) is 9.52 Å². The molecule has 0 aromatic heterocycles. The molecule has 2 aliphatic heterocycles. The van der Waals surface area contributed by atoms with Gasteiger partial charge in [0.15, 0.2) is 0 Å². The molecule has 5 aliphatic rings. The van der Waals surface area contributed by atoms with E-state index >= 15 is 0 Å². The number of hydrogen-bond donors (Lipinski definition) is 2. The number of urea groups is 1. The molecule has 2 bridgehead atoms. The first-order valence-corrected chi connectivity index (χ1v) is 19.5. The highest BCUT2D eigenvalue weighted by Gasteiger charge is 2.44. The minimum absolute atomic E-state index is 0.0375. The zero-order valence-corrected chi connectivity index (χ0v) is 29.7. The first kappa shape index (κ1) is 33.4. The molecule has 3 amide bonds. The third-order valence-corrected chi connectivity index (χ3v) is 13.4. The topological polar surface area (TPSA) is 109 Å². The number of halogens is 1. The molecule has 1 unspecified atom stereocenters. The molecule has 9 nitrogen and oxygen atoms in total. The first-order chi connectivity index (χ1) is 23.0. The molecule has 11 heteroatoms. The number of allylic oxidation sites excluding steroid dienone is 1. The Kier molecular flexibility index (Phi) is 9.28. The van der Waals surface area contributed by atoms with Crippen LogP contribution in [0.25, 0.3) is 0 Å². The lowest BCUT2D eigenvalue weighted by Gasteiger charge is -2.46. The van der Waals surface area contributed by atoms with Gasteiger partial charge in [-0.05, 0) is 110 Å². The Balaban J connectivity index is 1.28. The highest BCUT2D eigenvalue weighted by atomic mass is 35.5. The Morgan fingerprint density at radius 3 is 2.77 bits per heavy atom. The molecule has 7 rings (SSSR count). The van der Waals surface area contributed by atoms with Crippen molar-refractivity contribution in [3.63, 3.8) is 0 Å². The molecule has 0 radical (unpaired) electrons. The van der Waals surface area contributed by atoms with Crippen molar-refractivity contribution in [2.75, 3.05) is 37.5 Å². The summed E-state index contributed by atoms with van der Waals surface area (Å²) in [7, 11) is -1.66. The molecule has 0 saturated heterocycles. The van der Waals surface area contributed by atoms with Crippen molar-refractivity contribution >= 4 is 39.1 Å². The molecule has 2 fully saturated rings. The van der Waals surface area contributed by atoms with Crippen LogP contribution in [0.3, 0.4) is 0 Å². The third-order valence-electron chi connectivity index (χ3n) is 11.2. The summed E-state index contributed by atoms with van der Waals surface area (Å²) in [5.41, 5.74) is 3.47. The molecule has 2 heterocycles. The van der Waals surface area contributed by atoms with Crippen molar-refractivity contribution in [1.82, 2.24) is 10.0 Å². The van der Waals surface area contributed by atoms with E-state index < -0.39 is 21.9 Å². The lowest BCUT2D eigenvalue weighted by atomic mass is 9.68. The average molecular weight is 695 g/mol. The Morgan fingerprint density at radius 1 is 1.19 bits per heavy atom. The largest absolute Gasteiger partial charge is 0.490 e. The van der Waals surface area contributed by atoms with Gasteiger partial charge >= 0.3 is 6.03 Å². The zero-order chi connectivity index (χ0) is 33.6. The van der Waals surface area contributed by atoms with Crippen molar-refractivity contribution in [3.8, 4) is 5.75 Å². The molecule has 2 aromatic carbocycles. The minimum atomic E-state index is -3.44. The second kappa shape index (κ2) is 13.3. The summed E-state index contributed by atoms with van der Waals surface area (Å²) >= 11 is 6.44. The average Bonchev–Trinajstić information content (AvgIpc) is 3.75. The lowest BCUT2D eigenvalue weighted by Crippen LogP contribution is -2.49. The van der Waals surface area contributed by atoms with Crippen LogP contribution in [-0.4, -0.2) is 60.9 Å². The van der Waals surface area contributed by atoms with Crippen LogP contribution in [0.2, 0.25) is 5.02 Å². The summed E-state index contributed by atoms with van der Waals surface area (Å²) in [6, 6.07) is 11.1. The van der Waals surface area contributed by atoms with Gasteiger partial charge in [-0.25, -0.2) is 9.00 Å². The molecule has 2 aromatic rings. The van der Waals surface area contributed by atoms with E-state index in [2.05, 4.69) is 43.6 Å². The Morgan fingerprint density at radius 2 is 2.02 bits per heavy atom. The van der Waals surface area contributed by atoms with Crippen LogP contribution in [0.5, 0.6) is 5.75 Å². The van der Waals surface area contributed by atoms with Gasteiger partial charge < -0.3 is 19.7 Å². The molecule has 2 N–H and O–H groups in total. The van der Waals surface area contributed by atoms with Gasteiger partial charge in [0.05, 0.1) is 24.2 Å². The first-order valence-electron chi connectivity index (χ1n) is 17.4. The van der Waals surface area contributed by atoms with E-state index in [1.54, 1.807) is 13.2 Å². The summed E-state index contributed by atoms with van der Waals surface area (Å²) in [6.45, 7) is 6.06. The maximum Gasteiger partial charge on any atom is 0.327 e. The van der Waals surface area contributed by atoms with Crippen LogP contribution in [-0.2, 0) is 26.5 Å². The monoisotopic (exact) mass is 694 g/mol. The molecule has 258 valence electrons. The number of carbonyl (C=O) groups is 2. The predicted molar refractivity (Wildman–Crippen MR) is 189 cm³/mol. The van der Waals surface area contributed by atoms with Gasteiger partial charge in [0.25, 0.3) is 5.91 Å². The quantitative estimate of drug-likeness (QED) is 0.347. The fourth-order valence-electron chi connectivity index (χ4n) is 8.23. The van der Waals surface area contributed by atoms with E-state index in [1.165, 1.54) is 11.1 Å². The number of nitrogens with zero attached hydrogens (tertiary/aromatic N) is 2. The molecular weight excluding hydrogens is 648 g/mol. The normalized spacial score (nSPS) is 35.1. The number of carbonyl (C=O) groups excluding carboxylic acids is 2. The van der Waals surface area contributed by atoms with E-state index in [-0.39, 0.29) is 29.2 Å². The lowest BCUT2D eigenvalue weighted by molar-refractivity contribution is 0.0131. The molecule has 1 spiro atoms. The highest BCUT2D eigenvalue weighted by molar-refractivity contribution is 7.92. The molecular formula is C37H47ClN4O5S. The number of aryl methyl sites for hydroxylation is 1. The van der Waals surface area contributed by atoms with Gasteiger partial charge in [0.2, 0.25) is 0 Å². The highest BCUT2D eigenvalue weighted by Crippen LogP contribution is 2.47. The third kappa shape index (κ3) is 6.85. The fourth-order valence-corrected chi connectivity index (χ4v) is 10.3. The number of amides is 3. The summed E-state index contributed by atoms with van der Waals surface area (Å²) in [6.07, 6.45) is 10.9. The number of fused-ring (bicyclic) bond motifs is 4. The Bertz CT molecular complexity index is 1740. The van der Waals surface area contributed by atoms with Crippen molar-refractivity contribution in [1.29, 1.82) is 0 Å². The summed E-state index contributed by atoms with van der Waals surface area (Å²) in [5, 5.41) is 3.62. The summed E-state index contributed by atoms with van der Waals surface area (Å²) in [5.74, 6) is 1.18. The maximum atomic E-state index is 14.3. The molecule has 2 saturated carbocycles. The van der Waals surface area contributed by atoms with Crippen molar-refractivity contribution in [2.45, 2.75) is 76.4 Å². The summed E-state index contributed by atoms with van der Waals surface area (Å²) < 4.78 is 33.8. The Hall–Kier alpha value is -3.08. The number of ether oxygens (including phenoxy) is 2. The Labute approximate surface area is 289 Å². The van der Waals surface area contributed by atoms with Crippen LogP contribution < -0.4 is 19.7 Å². The predicted octanol–water partition coefficient (Wildman–Crippen LogP) is 6.68. The van der Waals surface area contributed by atoms with E-state index in [4.69, 9.17) is 21.1 Å². The van der Waals surface area contributed by atoms with Crippen LogP contribution >= 0.6 is 11.6 Å². The van der Waals surface area contributed by atoms with E-state index in [0.29, 0.717) is 36.3 Å². The minimum Gasteiger partial charge on any atom is -0.490 e.